The Bertz CT molecular complexity index is 437. The summed E-state index contributed by atoms with van der Waals surface area (Å²) in [6.45, 7) is 2.81. The molecule has 0 radical (unpaired) electrons. The van der Waals surface area contributed by atoms with E-state index in [2.05, 4.69) is 19.1 Å². The van der Waals surface area contributed by atoms with Crippen LogP contribution in [0.25, 0.3) is 0 Å². The molecule has 0 atom stereocenters. The molecule has 0 amide bonds. The van der Waals surface area contributed by atoms with Crippen LogP contribution in [0.4, 0.5) is 0 Å². The lowest BCUT2D eigenvalue weighted by atomic mass is 9.78. The van der Waals surface area contributed by atoms with E-state index in [0.29, 0.717) is 6.54 Å². The van der Waals surface area contributed by atoms with Crippen LogP contribution in [0.3, 0.4) is 0 Å². The third-order valence-electron chi connectivity index (χ3n) is 4.51. The van der Waals surface area contributed by atoms with E-state index in [4.69, 9.17) is 15.2 Å². The quantitative estimate of drug-likeness (QED) is 0.888. The topological polar surface area (TPSA) is 44.5 Å². The molecule has 2 N–H and O–H groups in total. The lowest BCUT2D eigenvalue weighted by Gasteiger charge is -2.30. The highest BCUT2D eigenvalue weighted by Crippen LogP contribution is 2.46. The first-order valence-electron chi connectivity index (χ1n) is 7.16. The van der Waals surface area contributed by atoms with Crippen molar-refractivity contribution in [3.8, 4) is 11.5 Å². The molecule has 1 aromatic rings. The Morgan fingerprint density at radius 3 is 2.21 bits per heavy atom. The standard InChI is InChI=1S/C16H25NO2/c1-4-12-9-15(19-3)13(10-14(12)18-2)16(11-17)7-5-6-8-16/h9-10H,4-8,11,17H2,1-3H3. The average molecular weight is 263 g/mol. The lowest BCUT2D eigenvalue weighted by molar-refractivity contribution is 0.368. The zero-order valence-corrected chi connectivity index (χ0v) is 12.3. The summed E-state index contributed by atoms with van der Waals surface area (Å²) in [7, 11) is 3.47. The predicted octanol–water partition coefficient (Wildman–Crippen LogP) is 3.04. The zero-order valence-electron chi connectivity index (χ0n) is 12.3. The van der Waals surface area contributed by atoms with Crippen molar-refractivity contribution in [2.24, 2.45) is 5.73 Å². The van der Waals surface area contributed by atoms with Gasteiger partial charge in [0, 0.05) is 17.5 Å². The van der Waals surface area contributed by atoms with E-state index >= 15 is 0 Å². The van der Waals surface area contributed by atoms with Gasteiger partial charge in [-0.05, 0) is 37.0 Å². The molecule has 0 aromatic heterocycles. The molecule has 1 fully saturated rings. The Labute approximate surface area is 116 Å². The summed E-state index contributed by atoms with van der Waals surface area (Å²) in [4.78, 5) is 0. The molecule has 0 bridgehead atoms. The highest BCUT2D eigenvalue weighted by molar-refractivity contribution is 5.50. The van der Waals surface area contributed by atoms with E-state index in [1.165, 1.54) is 24.0 Å². The summed E-state index contributed by atoms with van der Waals surface area (Å²) in [6.07, 6.45) is 5.73. The van der Waals surface area contributed by atoms with Gasteiger partial charge in [-0.15, -0.1) is 0 Å². The normalized spacial score (nSPS) is 17.5. The molecule has 0 spiro atoms. The van der Waals surface area contributed by atoms with Crippen molar-refractivity contribution in [1.82, 2.24) is 0 Å². The highest BCUT2D eigenvalue weighted by atomic mass is 16.5. The zero-order chi connectivity index (χ0) is 13.9. The minimum absolute atomic E-state index is 0.0743. The summed E-state index contributed by atoms with van der Waals surface area (Å²) >= 11 is 0. The lowest BCUT2D eigenvalue weighted by Crippen LogP contribution is -2.32. The molecule has 3 heteroatoms. The van der Waals surface area contributed by atoms with E-state index in [-0.39, 0.29) is 5.41 Å². The van der Waals surface area contributed by atoms with Gasteiger partial charge in [0.15, 0.2) is 0 Å². The van der Waals surface area contributed by atoms with Gasteiger partial charge in [-0.2, -0.15) is 0 Å². The van der Waals surface area contributed by atoms with Crippen molar-refractivity contribution in [2.45, 2.75) is 44.4 Å². The Kier molecular flexibility index (Phi) is 4.35. The molecule has 1 aliphatic carbocycles. The Balaban J connectivity index is 2.54. The summed E-state index contributed by atoms with van der Waals surface area (Å²) in [5.74, 6) is 1.92. The van der Waals surface area contributed by atoms with E-state index in [0.717, 1.165) is 30.8 Å². The van der Waals surface area contributed by atoms with Gasteiger partial charge in [0.1, 0.15) is 11.5 Å². The third kappa shape index (κ3) is 2.44. The van der Waals surface area contributed by atoms with Crippen molar-refractivity contribution >= 4 is 0 Å². The van der Waals surface area contributed by atoms with Crippen LogP contribution in [0.1, 0.15) is 43.7 Å². The van der Waals surface area contributed by atoms with Crippen LogP contribution in [0, 0.1) is 0 Å². The molecule has 106 valence electrons. The van der Waals surface area contributed by atoms with Crippen molar-refractivity contribution in [3.05, 3.63) is 23.3 Å². The van der Waals surface area contributed by atoms with Gasteiger partial charge in [-0.3, -0.25) is 0 Å². The highest BCUT2D eigenvalue weighted by Gasteiger charge is 2.37. The predicted molar refractivity (Wildman–Crippen MR) is 78.1 cm³/mol. The summed E-state index contributed by atoms with van der Waals surface area (Å²) in [5, 5.41) is 0. The van der Waals surface area contributed by atoms with E-state index < -0.39 is 0 Å². The van der Waals surface area contributed by atoms with Gasteiger partial charge in [-0.1, -0.05) is 19.8 Å². The van der Waals surface area contributed by atoms with Crippen molar-refractivity contribution < 1.29 is 9.47 Å². The van der Waals surface area contributed by atoms with Crippen LogP contribution < -0.4 is 15.2 Å². The number of ether oxygens (including phenoxy) is 2. The van der Waals surface area contributed by atoms with E-state index in [1.54, 1.807) is 14.2 Å². The van der Waals surface area contributed by atoms with Crippen molar-refractivity contribution in [1.29, 1.82) is 0 Å². The fourth-order valence-electron chi connectivity index (χ4n) is 3.29. The van der Waals surface area contributed by atoms with Gasteiger partial charge >= 0.3 is 0 Å². The van der Waals surface area contributed by atoms with Gasteiger partial charge in [-0.25, -0.2) is 0 Å². The van der Waals surface area contributed by atoms with Crippen LogP contribution in [0.2, 0.25) is 0 Å². The largest absolute Gasteiger partial charge is 0.496 e. The summed E-state index contributed by atoms with van der Waals surface area (Å²) in [6, 6.07) is 4.26. The van der Waals surface area contributed by atoms with Crippen molar-refractivity contribution in [3.63, 3.8) is 0 Å². The summed E-state index contributed by atoms with van der Waals surface area (Å²) < 4.78 is 11.1. The molecule has 3 nitrogen and oxygen atoms in total. The second-order valence-corrected chi connectivity index (χ2v) is 5.41. The number of benzene rings is 1. The Morgan fingerprint density at radius 1 is 1.11 bits per heavy atom. The molecule has 0 unspecified atom stereocenters. The SMILES string of the molecule is CCc1cc(OC)c(C2(CN)CCCC2)cc1OC. The third-order valence-corrected chi connectivity index (χ3v) is 4.51. The number of methoxy groups -OCH3 is 2. The smallest absolute Gasteiger partial charge is 0.123 e. The first-order valence-corrected chi connectivity index (χ1v) is 7.16. The fourth-order valence-corrected chi connectivity index (χ4v) is 3.29. The first kappa shape index (κ1) is 14.2. The van der Waals surface area contributed by atoms with Crippen LogP contribution >= 0.6 is 0 Å². The molecule has 1 saturated carbocycles. The average Bonchev–Trinajstić information content (AvgIpc) is 2.95. The minimum Gasteiger partial charge on any atom is -0.496 e. The maximum Gasteiger partial charge on any atom is 0.123 e. The molecule has 19 heavy (non-hydrogen) atoms. The molecule has 1 aliphatic rings. The van der Waals surface area contributed by atoms with Crippen molar-refractivity contribution in [2.75, 3.05) is 20.8 Å². The minimum atomic E-state index is 0.0743. The Morgan fingerprint density at radius 2 is 1.74 bits per heavy atom. The van der Waals surface area contributed by atoms with E-state index in [9.17, 15) is 0 Å². The molecule has 1 aromatic carbocycles. The summed E-state index contributed by atoms with van der Waals surface area (Å²) in [5.41, 5.74) is 8.58. The molecule has 0 aliphatic heterocycles. The van der Waals surface area contributed by atoms with Gasteiger partial charge in [0.05, 0.1) is 14.2 Å². The second kappa shape index (κ2) is 5.83. The van der Waals surface area contributed by atoms with Gasteiger partial charge in [0.2, 0.25) is 0 Å². The maximum atomic E-state index is 6.09. The maximum absolute atomic E-state index is 6.09. The van der Waals surface area contributed by atoms with Crippen LogP contribution in [-0.2, 0) is 11.8 Å². The molecular weight excluding hydrogens is 238 g/mol. The van der Waals surface area contributed by atoms with Gasteiger partial charge < -0.3 is 15.2 Å². The second-order valence-electron chi connectivity index (χ2n) is 5.41. The number of rotatable bonds is 5. The number of aryl methyl sites for hydroxylation is 1. The fraction of sp³-hybridized carbons (Fsp3) is 0.625. The molecule has 0 saturated heterocycles. The van der Waals surface area contributed by atoms with Gasteiger partial charge in [0.25, 0.3) is 0 Å². The number of hydrogen-bond acceptors (Lipinski definition) is 3. The first-order chi connectivity index (χ1) is 9.20. The van der Waals surface area contributed by atoms with E-state index in [1.807, 2.05) is 0 Å². The van der Waals surface area contributed by atoms with Crippen LogP contribution in [0.5, 0.6) is 11.5 Å². The molecular formula is C16H25NO2. The van der Waals surface area contributed by atoms with Crippen LogP contribution in [0.15, 0.2) is 12.1 Å². The monoisotopic (exact) mass is 263 g/mol. The number of nitrogens with two attached hydrogens (primary N) is 1. The number of hydrogen-bond donors (Lipinski definition) is 1. The molecule has 0 heterocycles. The molecule has 2 rings (SSSR count). The van der Waals surface area contributed by atoms with Crippen LogP contribution in [-0.4, -0.2) is 20.8 Å². The Hall–Kier alpha value is -1.22.